The van der Waals surface area contributed by atoms with Gasteiger partial charge in [0.1, 0.15) is 11.6 Å². The van der Waals surface area contributed by atoms with Crippen LogP contribution in [-0.2, 0) is 35.1 Å². The van der Waals surface area contributed by atoms with Crippen molar-refractivity contribution in [1.82, 2.24) is 4.90 Å². The van der Waals surface area contributed by atoms with Crippen LogP contribution in [0.4, 0.5) is 0 Å². The predicted octanol–water partition coefficient (Wildman–Crippen LogP) is 3.57. The summed E-state index contributed by atoms with van der Waals surface area (Å²) in [5, 5.41) is 0. The van der Waals surface area contributed by atoms with Gasteiger partial charge in [-0.05, 0) is 46.1 Å². The van der Waals surface area contributed by atoms with E-state index >= 15 is 0 Å². The third kappa shape index (κ3) is 5.86. The highest BCUT2D eigenvalue weighted by Gasteiger charge is 2.42. The number of likely N-dealkylation sites (tertiary alicyclic amines) is 1. The summed E-state index contributed by atoms with van der Waals surface area (Å²) in [6, 6.07) is 9.40. The molecule has 7 nitrogen and oxygen atoms in total. The predicted molar refractivity (Wildman–Crippen MR) is 115 cm³/mol. The maximum atomic E-state index is 13.0. The molecule has 2 fully saturated rings. The van der Waals surface area contributed by atoms with Crippen molar-refractivity contribution in [1.29, 1.82) is 0 Å². The number of ether oxygens (including phenoxy) is 4. The minimum absolute atomic E-state index is 0.251. The van der Waals surface area contributed by atoms with E-state index in [2.05, 4.69) is 0 Å². The van der Waals surface area contributed by atoms with Crippen LogP contribution in [0.5, 0.6) is 0 Å². The minimum atomic E-state index is -0.890. The summed E-state index contributed by atoms with van der Waals surface area (Å²) in [5.74, 6) is -1.61. The number of carbonyl (C=O) groups is 2. The van der Waals surface area contributed by atoms with Crippen molar-refractivity contribution >= 4 is 11.9 Å². The summed E-state index contributed by atoms with van der Waals surface area (Å²) < 4.78 is 22.3. The van der Waals surface area contributed by atoms with E-state index in [1.165, 1.54) is 7.11 Å². The molecule has 0 spiro atoms. The summed E-state index contributed by atoms with van der Waals surface area (Å²) in [5.41, 5.74) is 1.71. The van der Waals surface area contributed by atoms with Gasteiger partial charge in [-0.25, -0.2) is 9.59 Å². The van der Waals surface area contributed by atoms with Crippen LogP contribution in [0.2, 0.25) is 0 Å². The highest BCUT2D eigenvalue weighted by Crippen LogP contribution is 2.37. The average Bonchev–Trinajstić information content (AvgIpc) is 3.32. The number of nitrogens with zero attached hydrogens (tertiary/aromatic N) is 1. The van der Waals surface area contributed by atoms with Crippen molar-refractivity contribution in [3.8, 4) is 0 Å². The molecule has 2 aliphatic rings. The van der Waals surface area contributed by atoms with Crippen molar-refractivity contribution < 1.29 is 28.5 Å². The summed E-state index contributed by atoms with van der Waals surface area (Å²) >= 11 is 0. The Hall–Kier alpha value is -2.38. The lowest BCUT2D eigenvalue weighted by Gasteiger charge is -2.31. The largest absolute Gasteiger partial charge is 0.466 e. The Bertz CT molecular complexity index is 820. The first-order chi connectivity index (χ1) is 14.6. The van der Waals surface area contributed by atoms with Crippen LogP contribution in [0.1, 0.15) is 52.5 Å². The van der Waals surface area contributed by atoms with Crippen LogP contribution in [0.15, 0.2) is 41.6 Å². The second-order valence-corrected chi connectivity index (χ2v) is 9.13. The van der Waals surface area contributed by atoms with Crippen molar-refractivity contribution in [2.24, 2.45) is 0 Å². The molecule has 0 aliphatic carbocycles. The number of hydrogen-bond donors (Lipinski definition) is 0. The van der Waals surface area contributed by atoms with E-state index in [0.717, 1.165) is 11.3 Å². The quantitative estimate of drug-likeness (QED) is 0.503. The second kappa shape index (κ2) is 9.40. The number of hydrogen-bond acceptors (Lipinski definition) is 7. The van der Waals surface area contributed by atoms with Crippen molar-refractivity contribution in [2.75, 3.05) is 20.3 Å². The molecule has 3 rings (SSSR count). The Morgan fingerprint density at radius 2 is 1.81 bits per heavy atom. The van der Waals surface area contributed by atoms with Gasteiger partial charge in [0, 0.05) is 18.7 Å². The number of rotatable bonds is 6. The van der Waals surface area contributed by atoms with Gasteiger partial charge in [0.2, 0.25) is 0 Å². The first kappa shape index (κ1) is 23.3. The third-order valence-corrected chi connectivity index (χ3v) is 5.43. The second-order valence-electron chi connectivity index (χ2n) is 9.13. The van der Waals surface area contributed by atoms with Crippen LogP contribution in [0, 0.1) is 0 Å². The molecule has 0 aromatic heterocycles. The van der Waals surface area contributed by atoms with E-state index in [-0.39, 0.29) is 12.4 Å². The lowest BCUT2D eigenvalue weighted by atomic mass is 10.0. The monoisotopic (exact) mass is 431 g/mol. The fourth-order valence-corrected chi connectivity index (χ4v) is 4.08. The van der Waals surface area contributed by atoms with Gasteiger partial charge in [-0.15, -0.1) is 0 Å². The number of benzene rings is 1. The van der Waals surface area contributed by atoms with E-state index in [9.17, 15) is 9.59 Å². The maximum absolute atomic E-state index is 13.0. The fourth-order valence-electron chi connectivity index (χ4n) is 4.08. The van der Waals surface area contributed by atoms with E-state index < -0.39 is 23.4 Å². The molecule has 2 heterocycles. The number of methoxy groups -OCH3 is 1. The molecule has 0 N–H and O–H groups in total. The zero-order valence-corrected chi connectivity index (χ0v) is 19.1. The van der Waals surface area contributed by atoms with Crippen molar-refractivity contribution in [3.05, 3.63) is 47.2 Å². The average molecular weight is 432 g/mol. The SMILES string of the molecule is COC(=O)/C(CC1(C)OCCO1)=C1\CC[C@@H](C(=O)OC(C)(C)C)N1Cc1ccccc1. The molecule has 0 amide bonds. The van der Waals surface area contributed by atoms with Crippen molar-refractivity contribution in [2.45, 2.75) is 70.9 Å². The lowest BCUT2D eigenvalue weighted by Crippen LogP contribution is -2.40. The minimum Gasteiger partial charge on any atom is -0.466 e. The molecule has 7 heteroatoms. The van der Waals surface area contributed by atoms with Gasteiger partial charge in [0.25, 0.3) is 0 Å². The van der Waals surface area contributed by atoms with Crippen LogP contribution in [-0.4, -0.2) is 54.6 Å². The highest BCUT2D eigenvalue weighted by atomic mass is 16.7. The summed E-state index contributed by atoms with van der Waals surface area (Å²) in [4.78, 5) is 27.8. The van der Waals surface area contributed by atoms with Crippen LogP contribution in [0.3, 0.4) is 0 Å². The van der Waals surface area contributed by atoms with Gasteiger partial charge in [0.15, 0.2) is 5.79 Å². The van der Waals surface area contributed by atoms with Crippen LogP contribution < -0.4 is 0 Å². The van der Waals surface area contributed by atoms with E-state index in [1.807, 2.05) is 62.9 Å². The zero-order valence-electron chi connectivity index (χ0n) is 19.1. The molecule has 0 unspecified atom stereocenters. The lowest BCUT2D eigenvalue weighted by molar-refractivity contribution is -0.160. The van der Waals surface area contributed by atoms with E-state index in [0.29, 0.717) is 38.2 Å². The highest BCUT2D eigenvalue weighted by molar-refractivity contribution is 5.90. The molecule has 1 aromatic carbocycles. The van der Waals surface area contributed by atoms with Gasteiger partial charge in [0.05, 0.1) is 25.9 Å². The maximum Gasteiger partial charge on any atom is 0.335 e. The zero-order chi connectivity index (χ0) is 22.6. The number of esters is 2. The van der Waals surface area contributed by atoms with Gasteiger partial charge in [-0.1, -0.05) is 30.3 Å². The standard InChI is InChI=1S/C24H33NO6/c1-23(2,3)31-22(27)20-12-11-19(25(20)16-17-9-7-6-8-10-17)18(21(26)28-5)15-24(4)29-13-14-30-24/h6-10,20H,11-16H2,1-5H3/b19-18+/t20-/m0/s1. The topological polar surface area (TPSA) is 74.3 Å². The Kier molecular flexibility index (Phi) is 7.06. The Morgan fingerprint density at radius 1 is 1.16 bits per heavy atom. The molecule has 2 aliphatic heterocycles. The molecule has 1 atom stereocenters. The third-order valence-electron chi connectivity index (χ3n) is 5.43. The first-order valence-electron chi connectivity index (χ1n) is 10.7. The van der Waals surface area contributed by atoms with Crippen LogP contribution in [0.25, 0.3) is 0 Å². The first-order valence-corrected chi connectivity index (χ1v) is 10.7. The molecule has 31 heavy (non-hydrogen) atoms. The van der Waals surface area contributed by atoms with Gasteiger partial charge >= 0.3 is 11.9 Å². The fraction of sp³-hybridized carbons (Fsp3) is 0.583. The Balaban J connectivity index is 1.99. The van der Waals surface area contributed by atoms with Crippen molar-refractivity contribution in [3.63, 3.8) is 0 Å². The van der Waals surface area contributed by atoms with E-state index in [1.54, 1.807) is 0 Å². The molecule has 0 saturated carbocycles. The molecule has 170 valence electrons. The van der Waals surface area contributed by atoms with Gasteiger partial charge in [-0.2, -0.15) is 0 Å². The smallest absolute Gasteiger partial charge is 0.335 e. The van der Waals surface area contributed by atoms with E-state index in [4.69, 9.17) is 18.9 Å². The number of carbonyl (C=O) groups excluding carboxylic acids is 2. The summed E-state index contributed by atoms with van der Waals surface area (Å²) in [6.45, 7) is 8.84. The normalized spacial score (nSPS) is 22.4. The van der Waals surface area contributed by atoms with Gasteiger partial charge in [-0.3, -0.25) is 0 Å². The Morgan fingerprint density at radius 3 is 2.39 bits per heavy atom. The Labute approximate surface area is 184 Å². The molecule has 1 aromatic rings. The molecule has 0 bridgehead atoms. The molecular formula is C24H33NO6. The van der Waals surface area contributed by atoms with Gasteiger partial charge < -0.3 is 23.8 Å². The molecule has 0 radical (unpaired) electrons. The number of allylic oxidation sites excluding steroid dienone is 1. The van der Waals surface area contributed by atoms with Crippen LogP contribution >= 0.6 is 0 Å². The molecular weight excluding hydrogens is 398 g/mol. The summed E-state index contributed by atoms with van der Waals surface area (Å²) in [7, 11) is 1.36. The molecule has 2 saturated heterocycles. The summed E-state index contributed by atoms with van der Waals surface area (Å²) in [6.07, 6.45) is 1.38.